The van der Waals surface area contributed by atoms with Crippen LogP contribution in [-0.2, 0) is 28.9 Å². The van der Waals surface area contributed by atoms with E-state index >= 15 is 0 Å². The lowest BCUT2D eigenvalue weighted by Crippen LogP contribution is -2.61. The van der Waals surface area contributed by atoms with E-state index in [1.54, 1.807) is 6.08 Å². The monoisotopic (exact) mass is 960 g/mol. The normalized spacial score (nSPS) is 20.1. The highest BCUT2D eigenvalue weighted by molar-refractivity contribution is 7.80. The molecule has 0 bridgehead atoms. The first-order valence-corrected chi connectivity index (χ1v) is 28.6. The van der Waals surface area contributed by atoms with Crippen LogP contribution in [0.15, 0.2) is 24.3 Å². The largest absolute Gasteiger partial charge is 0.397 e. The molecule has 0 radical (unpaired) electrons. The van der Waals surface area contributed by atoms with Crippen molar-refractivity contribution in [3.63, 3.8) is 0 Å². The van der Waals surface area contributed by atoms with Gasteiger partial charge in [-0.15, -0.1) is 0 Å². The number of aliphatic hydroxyl groups excluding tert-OH is 4. The molecule has 1 aliphatic rings. The van der Waals surface area contributed by atoms with Gasteiger partial charge in [0.15, 0.2) is 6.29 Å². The molecule has 1 fully saturated rings. The van der Waals surface area contributed by atoms with E-state index in [0.717, 1.165) is 44.9 Å². The Morgan fingerprint density at radius 2 is 0.970 bits per heavy atom. The second kappa shape index (κ2) is 43.6. The van der Waals surface area contributed by atoms with E-state index in [2.05, 4.69) is 35.5 Å². The quantitative estimate of drug-likeness (QED) is 0.0193. The molecule has 390 valence electrons. The van der Waals surface area contributed by atoms with E-state index in [4.69, 9.17) is 9.47 Å². The maximum Gasteiger partial charge on any atom is 0.397 e. The van der Waals surface area contributed by atoms with Gasteiger partial charge in [-0.3, -0.25) is 9.35 Å². The Labute approximate surface area is 403 Å². The Morgan fingerprint density at radius 3 is 1.36 bits per heavy atom. The number of hydrogen-bond acceptors (Lipinski definition) is 10. The lowest BCUT2D eigenvalue weighted by Gasteiger charge is -2.41. The van der Waals surface area contributed by atoms with Gasteiger partial charge in [-0.1, -0.05) is 224 Å². The smallest absolute Gasteiger partial charge is 0.394 e. The number of allylic oxidation sites excluding steroid dienone is 3. The van der Waals surface area contributed by atoms with Gasteiger partial charge in [0.05, 0.1) is 25.4 Å². The molecule has 1 amide bonds. The highest BCUT2D eigenvalue weighted by Crippen LogP contribution is 2.26. The van der Waals surface area contributed by atoms with Gasteiger partial charge >= 0.3 is 10.4 Å². The summed E-state index contributed by atoms with van der Waals surface area (Å²) in [7, 11) is -5.09. The Hall–Kier alpha value is -1.42. The first kappa shape index (κ1) is 62.6. The molecule has 0 aromatic heterocycles. The Balaban J connectivity index is 2.40. The number of aliphatic hydroxyl groups is 4. The van der Waals surface area contributed by atoms with Crippen molar-refractivity contribution in [2.24, 2.45) is 0 Å². The minimum Gasteiger partial charge on any atom is -0.394 e. The fourth-order valence-electron chi connectivity index (χ4n) is 8.74. The Morgan fingerprint density at radius 1 is 0.591 bits per heavy atom. The molecule has 0 aromatic rings. The van der Waals surface area contributed by atoms with Crippen LogP contribution in [0.3, 0.4) is 0 Å². The van der Waals surface area contributed by atoms with Crippen molar-refractivity contribution in [3.8, 4) is 0 Å². The van der Waals surface area contributed by atoms with Crippen molar-refractivity contribution in [2.45, 2.75) is 294 Å². The van der Waals surface area contributed by atoms with Gasteiger partial charge in [0.25, 0.3) is 0 Å². The molecule has 0 aromatic carbocycles. The van der Waals surface area contributed by atoms with E-state index in [1.807, 2.05) is 6.08 Å². The standard InChI is InChI=1S/C53H101NO11S/c1-3-5-7-9-11-13-15-17-19-21-22-23-24-25-26-27-29-31-33-35-37-39-41-43-49(57)54-46(45-63-53-51(59)52(65-66(60,61)62)50(58)48(44-55)64-53)47(56)42-40-38-36-34-32-30-28-20-18-16-14-12-10-8-6-4-2/h25-26,40,42,46-48,50-53,55-56,58-59H,3-24,27-39,41,43-45H2,1-2H3,(H,54,57)(H,60,61,62)/b26-25-,42-40+. The zero-order chi connectivity index (χ0) is 48.4. The first-order valence-electron chi connectivity index (χ1n) is 27.2. The van der Waals surface area contributed by atoms with Crippen LogP contribution in [0.5, 0.6) is 0 Å². The number of nitrogens with one attached hydrogen (secondary N) is 1. The van der Waals surface area contributed by atoms with Crippen molar-refractivity contribution in [3.05, 3.63) is 24.3 Å². The lowest BCUT2D eigenvalue weighted by molar-refractivity contribution is -0.298. The summed E-state index contributed by atoms with van der Waals surface area (Å²) in [6.07, 6.45) is 43.6. The van der Waals surface area contributed by atoms with Crippen molar-refractivity contribution in [2.75, 3.05) is 13.2 Å². The summed E-state index contributed by atoms with van der Waals surface area (Å²) in [5, 5.41) is 44.9. The molecule has 0 saturated carbocycles. The number of unbranched alkanes of at least 4 members (excludes halogenated alkanes) is 33. The number of ether oxygens (including phenoxy) is 2. The molecule has 0 spiro atoms. The third-order valence-corrected chi connectivity index (χ3v) is 13.4. The summed E-state index contributed by atoms with van der Waals surface area (Å²) < 4.78 is 47.7. The van der Waals surface area contributed by atoms with Crippen LogP contribution in [0.1, 0.15) is 251 Å². The third kappa shape index (κ3) is 35.7. The van der Waals surface area contributed by atoms with Gasteiger partial charge in [0.2, 0.25) is 5.91 Å². The summed E-state index contributed by atoms with van der Waals surface area (Å²) in [4.78, 5) is 13.1. The summed E-state index contributed by atoms with van der Waals surface area (Å²) in [6, 6.07) is -0.945. The fraction of sp³-hybridized carbons (Fsp3) is 0.906. The minimum atomic E-state index is -5.09. The molecule has 7 atom stereocenters. The van der Waals surface area contributed by atoms with Crippen LogP contribution in [0, 0.1) is 0 Å². The second-order valence-electron chi connectivity index (χ2n) is 19.2. The van der Waals surface area contributed by atoms with Gasteiger partial charge < -0.3 is 35.2 Å². The summed E-state index contributed by atoms with van der Waals surface area (Å²) in [5.41, 5.74) is 0. The second-order valence-corrected chi connectivity index (χ2v) is 20.2. The molecule has 12 nitrogen and oxygen atoms in total. The summed E-state index contributed by atoms with van der Waals surface area (Å²) in [6.45, 7) is 3.41. The molecular weight excluding hydrogens is 859 g/mol. The lowest BCUT2D eigenvalue weighted by atomic mass is 9.99. The molecular formula is C53H101NO11S. The predicted molar refractivity (Wildman–Crippen MR) is 269 cm³/mol. The maximum absolute atomic E-state index is 13.1. The van der Waals surface area contributed by atoms with Gasteiger partial charge in [0.1, 0.15) is 24.4 Å². The van der Waals surface area contributed by atoms with Crippen LogP contribution < -0.4 is 5.32 Å². The van der Waals surface area contributed by atoms with Gasteiger partial charge in [-0.05, 0) is 44.9 Å². The first-order chi connectivity index (χ1) is 32.0. The molecule has 66 heavy (non-hydrogen) atoms. The average molecular weight is 960 g/mol. The highest BCUT2D eigenvalue weighted by Gasteiger charge is 2.48. The Kier molecular flexibility index (Phi) is 41.3. The third-order valence-electron chi connectivity index (χ3n) is 13.0. The van der Waals surface area contributed by atoms with Crippen LogP contribution in [-0.4, -0.2) is 95.4 Å². The zero-order valence-corrected chi connectivity index (χ0v) is 42.8. The SMILES string of the molecule is CCCCCCCCCCCCCC/C=C\CCCCCCCCCC(=O)NC(COC1OC(CO)C(O)C(OS(=O)(=O)O)C1O)C(O)/C=C/CCCCCCCCCCCCCCCC. The molecule has 6 N–H and O–H groups in total. The average Bonchev–Trinajstić information content (AvgIpc) is 3.29. The van der Waals surface area contributed by atoms with E-state index in [1.165, 1.54) is 180 Å². The number of carbonyl (C=O) groups is 1. The molecule has 1 saturated heterocycles. The van der Waals surface area contributed by atoms with Crippen molar-refractivity contribution in [1.82, 2.24) is 5.32 Å². The van der Waals surface area contributed by atoms with E-state index in [9.17, 15) is 38.2 Å². The van der Waals surface area contributed by atoms with E-state index in [-0.39, 0.29) is 18.9 Å². The molecule has 13 heteroatoms. The van der Waals surface area contributed by atoms with Crippen molar-refractivity contribution in [1.29, 1.82) is 0 Å². The molecule has 7 unspecified atom stereocenters. The zero-order valence-electron chi connectivity index (χ0n) is 42.0. The maximum atomic E-state index is 13.1. The summed E-state index contributed by atoms with van der Waals surface area (Å²) in [5.74, 6) is -0.264. The van der Waals surface area contributed by atoms with Crippen LogP contribution in [0.25, 0.3) is 0 Å². The predicted octanol–water partition coefficient (Wildman–Crippen LogP) is 12.1. The molecule has 1 heterocycles. The molecule has 0 aliphatic carbocycles. The van der Waals surface area contributed by atoms with Crippen LogP contribution in [0.2, 0.25) is 0 Å². The number of amides is 1. The Bertz CT molecular complexity index is 1270. The van der Waals surface area contributed by atoms with Crippen LogP contribution >= 0.6 is 0 Å². The number of rotatable bonds is 47. The topological polar surface area (TPSA) is 192 Å². The number of hydrogen-bond donors (Lipinski definition) is 6. The highest BCUT2D eigenvalue weighted by atomic mass is 32.3. The number of carbonyl (C=O) groups excluding carboxylic acids is 1. The van der Waals surface area contributed by atoms with E-state index < -0.39 is 59.9 Å². The molecule has 1 aliphatic heterocycles. The van der Waals surface area contributed by atoms with Gasteiger partial charge in [-0.25, -0.2) is 4.18 Å². The van der Waals surface area contributed by atoms with Crippen LogP contribution in [0.4, 0.5) is 0 Å². The minimum absolute atomic E-state index is 0.264. The molecule has 1 rings (SSSR count). The van der Waals surface area contributed by atoms with E-state index in [0.29, 0.717) is 6.42 Å². The van der Waals surface area contributed by atoms with Crippen molar-refractivity contribution < 1.29 is 51.8 Å². The summed E-state index contributed by atoms with van der Waals surface area (Å²) >= 11 is 0. The van der Waals surface area contributed by atoms with Crippen molar-refractivity contribution >= 4 is 16.3 Å². The van der Waals surface area contributed by atoms with Gasteiger partial charge in [-0.2, -0.15) is 8.42 Å². The fourth-order valence-corrected chi connectivity index (χ4v) is 9.25. The van der Waals surface area contributed by atoms with Gasteiger partial charge in [0, 0.05) is 6.42 Å².